The van der Waals surface area contributed by atoms with E-state index in [1.807, 2.05) is 6.07 Å². The van der Waals surface area contributed by atoms with E-state index in [4.69, 9.17) is 4.74 Å². The largest absolute Gasteiger partial charge is 0.425 e. The van der Waals surface area contributed by atoms with Gasteiger partial charge in [-0.3, -0.25) is 0 Å². The quantitative estimate of drug-likeness (QED) is 0.371. The summed E-state index contributed by atoms with van der Waals surface area (Å²) in [6, 6.07) is 8.85. The summed E-state index contributed by atoms with van der Waals surface area (Å²) in [5.41, 5.74) is 0. The van der Waals surface area contributed by atoms with Crippen molar-refractivity contribution >= 4 is 28.8 Å². The molecule has 0 radical (unpaired) electrons. The monoisotopic (exact) mass is 290 g/mol. The van der Waals surface area contributed by atoms with Crippen LogP contribution in [0.5, 0.6) is 5.75 Å². The Labute approximate surface area is 89.5 Å². The van der Waals surface area contributed by atoms with Gasteiger partial charge in [-0.05, 0) is 12.1 Å². The van der Waals surface area contributed by atoms with Crippen molar-refractivity contribution in [2.75, 3.05) is 6.54 Å². The zero-order valence-corrected chi connectivity index (χ0v) is 8.84. The van der Waals surface area contributed by atoms with Gasteiger partial charge in [0, 0.05) is 0 Å². The Kier molecular flexibility index (Phi) is 4.37. The molecule has 68 valence electrons. The molecule has 1 rings (SSSR count). The van der Waals surface area contributed by atoms with Crippen LogP contribution in [0.3, 0.4) is 0 Å². The number of ether oxygens (including phenoxy) is 1. The maximum absolute atomic E-state index is 11.0. The molecule has 0 saturated heterocycles. The molecule has 0 bridgehead atoms. The fraction of sp³-hybridized carbons (Fsp3) is 0.125. The van der Waals surface area contributed by atoms with Gasteiger partial charge < -0.3 is 4.74 Å². The minimum absolute atomic E-state index is 0.0438. The molecule has 0 saturated carbocycles. The Morgan fingerprint density at radius 1 is 1.38 bits per heavy atom. The molecule has 0 spiro atoms. The third-order valence-corrected chi connectivity index (χ3v) is 1.53. The Morgan fingerprint density at radius 2 is 2.08 bits per heavy atom. The molecule has 0 aliphatic rings. The molecule has 0 unspecified atom stereocenters. The van der Waals surface area contributed by atoms with Gasteiger partial charge in [0.25, 0.3) is 0 Å². The third kappa shape index (κ3) is 3.97. The molecule has 0 atom stereocenters. The predicted octanol–water partition coefficient (Wildman–Crippen LogP) is 2.39. The van der Waals surface area contributed by atoms with Crippen LogP contribution in [0.2, 0.25) is 0 Å². The first kappa shape index (κ1) is 10.1. The highest BCUT2D eigenvalue weighted by Crippen LogP contribution is 2.08. The topological polar surface area (TPSA) is 51.0 Å². The van der Waals surface area contributed by atoms with E-state index in [1.165, 1.54) is 0 Å². The van der Waals surface area contributed by atoms with Crippen LogP contribution in [-0.4, -0.2) is 12.5 Å². The summed E-state index contributed by atoms with van der Waals surface area (Å²) in [5.74, 6) is 0.114. The normalized spacial score (nSPS) is 10.2. The summed E-state index contributed by atoms with van der Waals surface area (Å²) in [6.45, 7) is -0.0438. The first-order valence-electron chi connectivity index (χ1n) is 3.56. The first-order chi connectivity index (χ1) is 6.33. The predicted molar refractivity (Wildman–Crippen MR) is 55.8 cm³/mol. The molecular formula is C8H7IN2O2. The van der Waals surface area contributed by atoms with Crippen molar-refractivity contribution in [2.45, 2.75) is 0 Å². The summed E-state index contributed by atoms with van der Waals surface area (Å²) in [7, 11) is 0. The highest BCUT2D eigenvalue weighted by atomic mass is 127. The average molecular weight is 290 g/mol. The number of nitrogens with zero attached hydrogens (tertiary/aromatic N) is 2. The second kappa shape index (κ2) is 5.63. The second-order valence-electron chi connectivity index (χ2n) is 2.16. The maximum atomic E-state index is 11.0. The molecule has 0 aliphatic carbocycles. The van der Waals surface area contributed by atoms with E-state index in [9.17, 15) is 4.79 Å². The smallest absolute Gasteiger partial charge is 0.335 e. The molecule has 0 aliphatic heterocycles. The number of benzene rings is 1. The lowest BCUT2D eigenvalue weighted by atomic mass is 10.3. The average Bonchev–Trinajstić information content (AvgIpc) is 2.16. The minimum Gasteiger partial charge on any atom is -0.425 e. The summed E-state index contributed by atoms with van der Waals surface area (Å²) in [6.07, 6.45) is 0. The highest BCUT2D eigenvalue weighted by molar-refractivity contribution is 14.1. The Bertz CT molecular complexity index is 300. The Hall–Kier alpha value is -0.980. The van der Waals surface area contributed by atoms with Gasteiger partial charge in [0.2, 0.25) is 0 Å². The maximum Gasteiger partial charge on any atom is 0.335 e. The van der Waals surface area contributed by atoms with Crippen molar-refractivity contribution in [3.8, 4) is 5.75 Å². The van der Waals surface area contributed by atoms with Crippen LogP contribution in [0, 0.1) is 0 Å². The molecule has 0 heterocycles. The summed E-state index contributed by atoms with van der Waals surface area (Å²) >= 11 is 1.70. The number of rotatable bonds is 3. The number of esters is 1. The van der Waals surface area contributed by atoms with Crippen molar-refractivity contribution in [3.05, 3.63) is 30.3 Å². The van der Waals surface area contributed by atoms with Gasteiger partial charge in [0.1, 0.15) is 28.6 Å². The van der Waals surface area contributed by atoms with E-state index in [-0.39, 0.29) is 6.54 Å². The van der Waals surface area contributed by atoms with E-state index in [0.717, 1.165) is 0 Å². The zero-order chi connectivity index (χ0) is 9.52. The number of halogens is 1. The second-order valence-corrected chi connectivity index (χ2v) is 2.59. The molecular weight excluding hydrogens is 283 g/mol. The lowest BCUT2D eigenvalue weighted by Gasteiger charge is -1.99. The molecule has 5 heteroatoms. The van der Waals surface area contributed by atoms with Gasteiger partial charge in [0.05, 0.1) is 0 Å². The molecule has 0 fully saturated rings. The van der Waals surface area contributed by atoms with E-state index in [0.29, 0.717) is 5.75 Å². The van der Waals surface area contributed by atoms with Crippen LogP contribution in [0.4, 0.5) is 0 Å². The SMILES string of the molecule is O=C(CN=NI)Oc1ccccc1. The molecule has 1 aromatic rings. The number of hydrogen-bond acceptors (Lipinski definition) is 4. The number of carbonyl (C=O) groups is 1. The van der Waals surface area contributed by atoms with E-state index >= 15 is 0 Å². The van der Waals surface area contributed by atoms with Crippen molar-refractivity contribution in [3.63, 3.8) is 0 Å². The highest BCUT2D eigenvalue weighted by Gasteiger charge is 2.01. The number of para-hydroxylation sites is 1. The van der Waals surface area contributed by atoms with Gasteiger partial charge in [-0.25, -0.2) is 4.79 Å². The summed E-state index contributed by atoms with van der Waals surface area (Å²) < 4.78 is 8.33. The van der Waals surface area contributed by atoms with E-state index in [2.05, 4.69) is 8.44 Å². The van der Waals surface area contributed by atoms with Crippen LogP contribution in [-0.2, 0) is 4.79 Å². The summed E-state index contributed by atoms with van der Waals surface area (Å²) in [5, 5.41) is 3.51. The standard InChI is InChI=1S/C8H7IN2O2/c9-11-10-6-8(12)13-7-4-2-1-3-5-7/h1-5H,6H2. The van der Waals surface area contributed by atoms with Crippen molar-refractivity contribution in [2.24, 2.45) is 8.44 Å². The van der Waals surface area contributed by atoms with Crippen LogP contribution >= 0.6 is 22.9 Å². The lowest BCUT2D eigenvalue weighted by molar-refractivity contribution is -0.132. The summed E-state index contributed by atoms with van der Waals surface area (Å²) in [4.78, 5) is 11.0. The van der Waals surface area contributed by atoms with Crippen molar-refractivity contribution in [1.82, 2.24) is 0 Å². The lowest BCUT2D eigenvalue weighted by Crippen LogP contribution is -2.10. The van der Waals surface area contributed by atoms with Crippen LogP contribution < -0.4 is 4.74 Å². The third-order valence-electron chi connectivity index (χ3n) is 1.23. The molecule has 0 amide bonds. The molecule has 0 aromatic heterocycles. The van der Waals surface area contributed by atoms with E-state index < -0.39 is 5.97 Å². The van der Waals surface area contributed by atoms with Gasteiger partial charge in [-0.15, -0.1) is 3.33 Å². The van der Waals surface area contributed by atoms with Gasteiger partial charge >= 0.3 is 5.97 Å². The van der Waals surface area contributed by atoms with E-state index in [1.54, 1.807) is 47.1 Å². The first-order valence-corrected chi connectivity index (χ1v) is 4.53. The Morgan fingerprint density at radius 3 is 2.69 bits per heavy atom. The number of carbonyl (C=O) groups excluding carboxylic acids is 1. The molecule has 13 heavy (non-hydrogen) atoms. The van der Waals surface area contributed by atoms with Crippen LogP contribution in [0.15, 0.2) is 38.8 Å². The van der Waals surface area contributed by atoms with Crippen LogP contribution in [0.1, 0.15) is 0 Å². The minimum atomic E-state index is -0.411. The fourth-order valence-corrected chi connectivity index (χ4v) is 0.889. The van der Waals surface area contributed by atoms with Crippen molar-refractivity contribution < 1.29 is 9.53 Å². The molecule has 0 N–H and O–H groups in total. The fourth-order valence-electron chi connectivity index (χ4n) is 0.737. The molecule has 4 nitrogen and oxygen atoms in total. The van der Waals surface area contributed by atoms with Gasteiger partial charge in [0.15, 0.2) is 6.54 Å². The zero-order valence-electron chi connectivity index (χ0n) is 6.68. The van der Waals surface area contributed by atoms with Gasteiger partial charge in [-0.1, -0.05) is 18.2 Å². The Balaban J connectivity index is 2.46. The molecule has 1 aromatic carbocycles. The van der Waals surface area contributed by atoms with Crippen molar-refractivity contribution in [1.29, 1.82) is 0 Å². The van der Waals surface area contributed by atoms with Crippen LogP contribution in [0.25, 0.3) is 0 Å². The number of hydrogen-bond donors (Lipinski definition) is 0. The van der Waals surface area contributed by atoms with Gasteiger partial charge in [-0.2, -0.15) is 5.11 Å².